The minimum Gasteiger partial charge on any atom is -0.509 e. The third-order valence-corrected chi connectivity index (χ3v) is 4.71. The Kier molecular flexibility index (Phi) is 8.55. The second kappa shape index (κ2) is 9.63. The van der Waals surface area contributed by atoms with Crippen LogP contribution in [0.15, 0.2) is 48.5 Å². The molecular weight excluding hydrogens is 294 g/mol. The molecule has 0 aliphatic carbocycles. The van der Waals surface area contributed by atoms with Gasteiger partial charge in [0.2, 0.25) is 0 Å². The largest absolute Gasteiger partial charge is 1.00 e. The van der Waals surface area contributed by atoms with Crippen molar-refractivity contribution in [3.05, 3.63) is 65.2 Å². The van der Waals surface area contributed by atoms with Crippen molar-refractivity contribution in [1.82, 2.24) is 9.80 Å². The molecule has 2 rings (SSSR count). The van der Waals surface area contributed by atoms with Gasteiger partial charge in [0.05, 0.1) is 6.04 Å². The van der Waals surface area contributed by atoms with Gasteiger partial charge in [-0.2, -0.15) is 12.0 Å². The Hall–Kier alpha value is -0.613. The fraction of sp³-hybridized carbons (Fsp3) is 0.368. The number of benzene rings is 2. The molecule has 118 valence electrons. The van der Waals surface area contributed by atoms with Crippen LogP contribution >= 0.6 is 8.58 Å². The van der Waals surface area contributed by atoms with Crippen LogP contribution in [0.25, 0.3) is 0 Å². The summed E-state index contributed by atoms with van der Waals surface area (Å²) in [5.41, 5.74) is 4.20. The van der Waals surface area contributed by atoms with Crippen LogP contribution in [-0.2, 0) is 6.54 Å². The Morgan fingerprint density at radius 2 is 1.43 bits per heavy atom. The molecule has 0 aliphatic rings. The average molecular weight is 320 g/mol. The monoisotopic (exact) mass is 320 g/mol. The molecule has 0 saturated heterocycles. The molecule has 0 N–H and O–H groups in total. The van der Waals surface area contributed by atoms with E-state index in [1.807, 2.05) is 0 Å². The molecule has 0 heterocycles. The third-order valence-electron chi connectivity index (χ3n) is 3.82. The van der Waals surface area contributed by atoms with E-state index in [-0.39, 0.29) is 18.9 Å². The number of hydrogen-bond donors (Lipinski definition) is 0. The van der Waals surface area contributed by atoms with Crippen LogP contribution in [0.3, 0.4) is 0 Å². The number of hydrogen-bond acceptors (Lipinski definition) is 2. The molecule has 0 spiro atoms. The minimum atomic E-state index is 0. The van der Waals surface area contributed by atoms with E-state index >= 15 is 0 Å². The zero-order valence-electron chi connectivity index (χ0n) is 15.2. The third kappa shape index (κ3) is 5.18. The minimum absolute atomic E-state index is 0. The first-order valence-electron chi connectivity index (χ1n) is 7.62. The summed E-state index contributed by atoms with van der Waals surface area (Å²) in [5, 5.41) is 1.40. The van der Waals surface area contributed by atoms with Crippen molar-refractivity contribution in [3.8, 4) is 0 Å². The SMILES string of the molecule is C[P-]c1ccccc1C(c1ccccc1CN(C)C)N(C)C.[Li+]. The Labute approximate surface area is 155 Å². The van der Waals surface area contributed by atoms with Crippen molar-refractivity contribution < 1.29 is 18.9 Å². The second-order valence-electron chi connectivity index (χ2n) is 6.09. The fourth-order valence-electron chi connectivity index (χ4n) is 2.93. The van der Waals surface area contributed by atoms with Gasteiger partial charge in [-0.25, -0.2) is 0 Å². The Bertz CT molecular complexity index is 614. The normalized spacial score (nSPS) is 12.8. The summed E-state index contributed by atoms with van der Waals surface area (Å²) in [6.45, 7) is 3.17. The summed E-state index contributed by atoms with van der Waals surface area (Å²) in [6.07, 6.45) is 0. The molecule has 2 nitrogen and oxygen atoms in total. The predicted molar refractivity (Wildman–Crippen MR) is 98.3 cm³/mol. The standard InChI is InChI=1S/C19H26N2P.Li/c1-20(2)14-15-10-6-7-11-16(15)19(21(3)4)17-12-8-9-13-18(17)22-5;/h6-13,19H,14H2,1-5H3;/q-1;+1. The maximum Gasteiger partial charge on any atom is 1.00 e. The summed E-state index contributed by atoms with van der Waals surface area (Å²) >= 11 is 0. The Balaban J connectivity index is 0.00000264. The summed E-state index contributed by atoms with van der Waals surface area (Å²) in [4.78, 5) is 4.55. The van der Waals surface area contributed by atoms with Crippen LogP contribution in [0, 0.1) is 0 Å². The zero-order valence-corrected chi connectivity index (χ0v) is 16.1. The first kappa shape index (κ1) is 20.4. The van der Waals surface area contributed by atoms with Gasteiger partial charge in [0, 0.05) is 6.54 Å². The van der Waals surface area contributed by atoms with Crippen molar-refractivity contribution in [2.45, 2.75) is 12.6 Å². The van der Waals surface area contributed by atoms with Crippen LogP contribution in [-0.4, -0.2) is 44.7 Å². The summed E-state index contributed by atoms with van der Waals surface area (Å²) in [6, 6.07) is 17.9. The van der Waals surface area contributed by atoms with Crippen LogP contribution in [0.4, 0.5) is 0 Å². The first-order chi connectivity index (χ1) is 10.5. The molecule has 1 atom stereocenters. The number of rotatable bonds is 6. The van der Waals surface area contributed by atoms with Crippen molar-refractivity contribution in [1.29, 1.82) is 0 Å². The molecular formula is C19H26LiN2P. The van der Waals surface area contributed by atoms with Crippen LogP contribution in [0.5, 0.6) is 0 Å². The molecule has 0 saturated carbocycles. The summed E-state index contributed by atoms with van der Waals surface area (Å²) in [5.74, 6) is 0. The maximum atomic E-state index is 2.32. The Morgan fingerprint density at radius 1 is 0.870 bits per heavy atom. The van der Waals surface area contributed by atoms with Gasteiger partial charge in [0.15, 0.2) is 0 Å². The van der Waals surface area contributed by atoms with Gasteiger partial charge in [0.25, 0.3) is 0 Å². The van der Waals surface area contributed by atoms with E-state index in [0.717, 1.165) is 6.54 Å². The Morgan fingerprint density at radius 3 is 2.00 bits per heavy atom. The van der Waals surface area contributed by atoms with Crippen molar-refractivity contribution in [2.75, 3.05) is 34.9 Å². The molecule has 2 aromatic rings. The van der Waals surface area contributed by atoms with E-state index in [1.54, 1.807) is 0 Å². The predicted octanol–water partition coefficient (Wildman–Crippen LogP) is 0.605. The van der Waals surface area contributed by atoms with E-state index in [9.17, 15) is 0 Å². The quantitative estimate of drug-likeness (QED) is 0.568. The molecule has 23 heavy (non-hydrogen) atoms. The van der Waals surface area contributed by atoms with Crippen LogP contribution in [0.1, 0.15) is 22.7 Å². The van der Waals surface area contributed by atoms with E-state index in [4.69, 9.17) is 0 Å². The molecule has 2 aromatic carbocycles. The van der Waals surface area contributed by atoms with Crippen molar-refractivity contribution in [3.63, 3.8) is 0 Å². The van der Waals surface area contributed by atoms with Gasteiger partial charge in [0.1, 0.15) is 0 Å². The van der Waals surface area contributed by atoms with Gasteiger partial charge in [-0.1, -0.05) is 54.1 Å². The van der Waals surface area contributed by atoms with Crippen molar-refractivity contribution in [2.24, 2.45) is 0 Å². The van der Waals surface area contributed by atoms with E-state index in [0.29, 0.717) is 6.04 Å². The average Bonchev–Trinajstić information content (AvgIpc) is 2.49. The molecule has 1 unspecified atom stereocenters. The maximum absolute atomic E-state index is 2.32. The van der Waals surface area contributed by atoms with Crippen molar-refractivity contribution >= 4 is 13.9 Å². The molecule has 0 amide bonds. The molecule has 0 bridgehead atoms. The topological polar surface area (TPSA) is 6.48 Å². The first-order valence-corrected chi connectivity index (χ1v) is 8.96. The van der Waals surface area contributed by atoms with E-state index in [1.165, 1.54) is 30.6 Å². The fourth-order valence-corrected chi connectivity index (χ4v) is 3.62. The van der Waals surface area contributed by atoms with Gasteiger partial charge < -0.3 is 13.5 Å². The van der Waals surface area contributed by atoms with E-state index in [2.05, 4.69) is 93.2 Å². The molecule has 0 aliphatic heterocycles. The van der Waals surface area contributed by atoms with Gasteiger partial charge in [-0.05, 0) is 39.3 Å². The molecule has 0 fully saturated rings. The smallest absolute Gasteiger partial charge is 0.509 e. The second-order valence-corrected chi connectivity index (χ2v) is 7.01. The summed E-state index contributed by atoms with van der Waals surface area (Å²) < 4.78 is 0. The van der Waals surface area contributed by atoms with Gasteiger partial charge >= 0.3 is 18.9 Å². The molecule has 0 aromatic heterocycles. The van der Waals surface area contributed by atoms with Gasteiger partial charge in [-0.15, -0.1) is 0 Å². The zero-order chi connectivity index (χ0) is 16.1. The van der Waals surface area contributed by atoms with Gasteiger partial charge in [-0.3, -0.25) is 4.90 Å². The summed E-state index contributed by atoms with van der Waals surface area (Å²) in [7, 11) is 9.90. The molecule has 0 radical (unpaired) electrons. The van der Waals surface area contributed by atoms with E-state index < -0.39 is 0 Å². The van der Waals surface area contributed by atoms with Crippen LogP contribution < -0.4 is 24.2 Å². The van der Waals surface area contributed by atoms with Crippen LogP contribution in [0.2, 0.25) is 0 Å². The number of nitrogens with zero attached hydrogens (tertiary/aromatic N) is 2. The molecule has 4 heteroatoms.